The molecule has 4 aromatic rings. The van der Waals surface area contributed by atoms with Gasteiger partial charge in [0.15, 0.2) is 16.3 Å². The molecular formula is C32H37N3O4S. The fourth-order valence-corrected chi connectivity index (χ4v) is 6.22. The van der Waals surface area contributed by atoms with Gasteiger partial charge in [-0.1, -0.05) is 37.1 Å². The smallest absolute Gasteiger partial charge is 0.190 e. The standard InChI is InChI=1S/C32H37N3O4S/c1-34(26-11-4-5-12-26)17-8-18-39-30-14-6-3-9-24(30)21-35-28(23-15-16-31(38-2)29(37)19-23)22-40-32(35)33-25-10-7-13-27(36)20-25/h3,6-7,9-10,13-16,19-20,22,26,36-37H,4-5,8,11-12,17-18,21H2,1-2H3. The molecule has 8 heteroatoms. The number of nitrogens with zero attached hydrogens (tertiary/aromatic N) is 3. The largest absolute Gasteiger partial charge is 0.508 e. The van der Waals surface area contributed by atoms with Crippen LogP contribution in [0.1, 0.15) is 37.7 Å². The molecule has 40 heavy (non-hydrogen) atoms. The Hall–Kier alpha value is -3.75. The van der Waals surface area contributed by atoms with Crippen molar-refractivity contribution in [2.45, 2.75) is 44.7 Å². The van der Waals surface area contributed by atoms with Crippen LogP contribution in [0.5, 0.6) is 23.0 Å². The average Bonchev–Trinajstić information content (AvgIpc) is 3.63. The maximum Gasteiger partial charge on any atom is 0.190 e. The second-order valence-corrected chi connectivity index (χ2v) is 11.1. The van der Waals surface area contributed by atoms with Crippen LogP contribution in [0.3, 0.4) is 0 Å². The molecule has 1 aliphatic carbocycles. The van der Waals surface area contributed by atoms with Crippen molar-refractivity contribution in [1.82, 2.24) is 9.47 Å². The molecule has 0 atom stereocenters. The van der Waals surface area contributed by atoms with Gasteiger partial charge in [0.05, 0.1) is 31.6 Å². The highest BCUT2D eigenvalue weighted by Gasteiger charge is 2.19. The van der Waals surface area contributed by atoms with Crippen LogP contribution >= 0.6 is 11.3 Å². The highest BCUT2D eigenvalue weighted by molar-refractivity contribution is 7.07. The van der Waals surface area contributed by atoms with E-state index in [1.54, 1.807) is 30.3 Å². The van der Waals surface area contributed by atoms with E-state index in [-0.39, 0.29) is 11.5 Å². The molecule has 0 radical (unpaired) electrons. The summed E-state index contributed by atoms with van der Waals surface area (Å²) in [6.07, 6.45) is 6.28. The van der Waals surface area contributed by atoms with Crippen molar-refractivity contribution in [2.24, 2.45) is 4.99 Å². The molecule has 2 N–H and O–H groups in total. The number of rotatable bonds is 11. The highest BCUT2D eigenvalue weighted by atomic mass is 32.1. The quantitative estimate of drug-likeness (QED) is 0.204. The molecule has 1 aromatic heterocycles. The normalized spacial score (nSPS) is 14.2. The summed E-state index contributed by atoms with van der Waals surface area (Å²) in [6.45, 7) is 2.22. The third-order valence-corrected chi connectivity index (χ3v) is 8.35. The van der Waals surface area contributed by atoms with Crippen LogP contribution < -0.4 is 14.3 Å². The number of para-hydroxylation sites is 1. The van der Waals surface area contributed by atoms with Gasteiger partial charge < -0.3 is 29.2 Å². The van der Waals surface area contributed by atoms with Gasteiger partial charge in [0.2, 0.25) is 0 Å². The van der Waals surface area contributed by atoms with Gasteiger partial charge in [-0.3, -0.25) is 0 Å². The Labute approximate surface area is 239 Å². The van der Waals surface area contributed by atoms with E-state index in [9.17, 15) is 10.2 Å². The SMILES string of the molecule is COc1ccc(-c2csc(=Nc3cccc(O)c3)n2Cc2ccccc2OCCCN(C)C2CCCC2)cc1O. The number of ether oxygens (including phenoxy) is 2. The molecule has 1 aliphatic rings. The highest BCUT2D eigenvalue weighted by Crippen LogP contribution is 2.32. The van der Waals surface area contributed by atoms with Gasteiger partial charge in [0, 0.05) is 35.2 Å². The van der Waals surface area contributed by atoms with Crippen molar-refractivity contribution in [3.63, 3.8) is 0 Å². The van der Waals surface area contributed by atoms with Gasteiger partial charge in [-0.25, -0.2) is 4.99 Å². The van der Waals surface area contributed by atoms with Crippen molar-refractivity contribution in [2.75, 3.05) is 27.3 Å². The zero-order valence-corrected chi connectivity index (χ0v) is 23.9. The number of thiazole rings is 1. The molecule has 210 valence electrons. The predicted octanol–water partition coefficient (Wildman–Crippen LogP) is 6.56. The molecule has 0 aliphatic heterocycles. The van der Waals surface area contributed by atoms with Gasteiger partial charge in [0.1, 0.15) is 11.5 Å². The van der Waals surface area contributed by atoms with Gasteiger partial charge in [-0.15, -0.1) is 11.3 Å². The van der Waals surface area contributed by atoms with E-state index in [1.165, 1.54) is 44.1 Å². The summed E-state index contributed by atoms with van der Waals surface area (Å²) in [7, 11) is 3.77. The lowest BCUT2D eigenvalue weighted by atomic mass is 10.1. The first kappa shape index (κ1) is 27.8. The van der Waals surface area contributed by atoms with Gasteiger partial charge in [-0.2, -0.15) is 0 Å². The summed E-state index contributed by atoms with van der Waals surface area (Å²) in [5, 5.41) is 22.5. The molecule has 0 unspecified atom stereocenters. The number of methoxy groups -OCH3 is 1. The topological polar surface area (TPSA) is 79.5 Å². The number of aromatic hydroxyl groups is 2. The maximum atomic E-state index is 10.5. The average molecular weight is 560 g/mol. The molecule has 1 fully saturated rings. The zero-order chi connectivity index (χ0) is 27.9. The Balaban J connectivity index is 1.42. The van der Waals surface area contributed by atoms with E-state index < -0.39 is 0 Å². The Kier molecular flexibility index (Phi) is 9.08. The Morgan fingerprint density at radius 2 is 1.82 bits per heavy atom. The number of hydrogen-bond donors (Lipinski definition) is 2. The van der Waals surface area contributed by atoms with Gasteiger partial charge >= 0.3 is 0 Å². The van der Waals surface area contributed by atoms with Crippen molar-refractivity contribution in [1.29, 1.82) is 0 Å². The van der Waals surface area contributed by atoms with Crippen LogP contribution in [0.4, 0.5) is 5.69 Å². The Bertz CT molecular complexity index is 1490. The minimum Gasteiger partial charge on any atom is -0.508 e. The fraction of sp³-hybridized carbons (Fsp3) is 0.344. The fourth-order valence-electron chi connectivity index (χ4n) is 5.29. The van der Waals surface area contributed by atoms with E-state index in [1.807, 2.05) is 35.7 Å². The predicted molar refractivity (Wildman–Crippen MR) is 160 cm³/mol. The molecule has 7 nitrogen and oxygen atoms in total. The third kappa shape index (κ3) is 6.69. The van der Waals surface area contributed by atoms with Gasteiger partial charge in [0.25, 0.3) is 0 Å². The lowest BCUT2D eigenvalue weighted by Gasteiger charge is -2.24. The third-order valence-electron chi connectivity index (χ3n) is 7.49. The molecule has 0 saturated heterocycles. The minimum atomic E-state index is 0.0792. The summed E-state index contributed by atoms with van der Waals surface area (Å²) in [5.74, 6) is 1.53. The van der Waals surface area contributed by atoms with Crippen molar-refractivity contribution >= 4 is 17.0 Å². The second kappa shape index (κ2) is 13.1. The lowest BCUT2D eigenvalue weighted by molar-refractivity contribution is 0.215. The molecule has 1 saturated carbocycles. The molecule has 0 amide bonds. The van der Waals surface area contributed by atoms with E-state index in [2.05, 4.69) is 22.6 Å². The Morgan fingerprint density at radius 3 is 2.60 bits per heavy atom. The lowest BCUT2D eigenvalue weighted by Crippen LogP contribution is -2.30. The molecule has 3 aromatic carbocycles. The van der Waals surface area contributed by atoms with Crippen LogP contribution in [-0.2, 0) is 6.54 Å². The summed E-state index contributed by atoms with van der Waals surface area (Å²) in [4.78, 5) is 8.10. The number of phenolic OH excluding ortho intramolecular Hbond substituents is 2. The molecular weight excluding hydrogens is 522 g/mol. The first-order valence-electron chi connectivity index (χ1n) is 13.8. The molecule has 1 heterocycles. The van der Waals surface area contributed by atoms with Gasteiger partial charge in [-0.05, 0) is 62.7 Å². The van der Waals surface area contributed by atoms with Crippen LogP contribution in [0.15, 0.2) is 77.1 Å². The van der Waals surface area contributed by atoms with Crippen LogP contribution in [0.2, 0.25) is 0 Å². The first-order valence-corrected chi connectivity index (χ1v) is 14.7. The second-order valence-electron chi connectivity index (χ2n) is 10.2. The maximum absolute atomic E-state index is 10.5. The van der Waals surface area contributed by atoms with Crippen molar-refractivity contribution in [3.05, 3.63) is 82.5 Å². The van der Waals surface area contributed by atoms with Crippen molar-refractivity contribution < 1.29 is 19.7 Å². The van der Waals surface area contributed by atoms with E-state index in [0.29, 0.717) is 30.6 Å². The summed E-state index contributed by atoms with van der Waals surface area (Å²) in [6, 6.07) is 21.2. The Morgan fingerprint density at radius 1 is 1.00 bits per heavy atom. The summed E-state index contributed by atoms with van der Waals surface area (Å²) in [5.41, 5.74) is 3.46. The minimum absolute atomic E-state index is 0.0792. The number of aromatic nitrogens is 1. The molecule has 0 spiro atoms. The van der Waals surface area contributed by atoms with E-state index in [4.69, 9.17) is 14.5 Å². The first-order chi connectivity index (χ1) is 19.5. The van der Waals surface area contributed by atoms with Crippen molar-refractivity contribution in [3.8, 4) is 34.3 Å². The summed E-state index contributed by atoms with van der Waals surface area (Å²) >= 11 is 1.50. The van der Waals surface area contributed by atoms with E-state index in [0.717, 1.165) is 40.3 Å². The molecule has 0 bridgehead atoms. The molecule has 5 rings (SSSR count). The van der Waals surface area contributed by atoms with E-state index >= 15 is 0 Å². The number of hydrogen-bond acceptors (Lipinski definition) is 7. The van der Waals surface area contributed by atoms with Crippen LogP contribution in [0, 0.1) is 0 Å². The summed E-state index contributed by atoms with van der Waals surface area (Å²) < 4.78 is 13.7. The number of benzene rings is 3. The number of phenols is 2. The van der Waals surface area contributed by atoms with Crippen LogP contribution in [-0.4, -0.2) is 53.0 Å². The monoisotopic (exact) mass is 559 g/mol. The zero-order valence-electron chi connectivity index (χ0n) is 23.1. The van der Waals surface area contributed by atoms with Crippen LogP contribution in [0.25, 0.3) is 11.3 Å².